The third-order valence-corrected chi connectivity index (χ3v) is 4.37. The minimum atomic E-state index is 0.00931. The summed E-state index contributed by atoms with van der Waals surface area (Å²) in [5, 5.41) is 0. The van der Waals surface area contributed by atoms with Gasteiger partial charge in [-0.15, -0.1) is 0 Å². The molecule has 0 saturated carbocycles. The Morgan fingerprint density at radius 3 is 2.83 bits per heavy atom. The standard InChI is InChI=1S/C20H24N2O2/c1-16-7-5-12-19(21-16)20(23)22-13-14-24-18(15-22)11-6-10-17-8-3-2-4-9-17/h2-5,7-9,12,18H,6,10-11,13-15H2,1H3. The SMILES string of the molecule is Cc1cccc(C(=O)N2CCOC(CCCc3ccccc3)C2)n1. The highest BCUT2D eigenvalue weighted by Crippen LogP contribution is 2.15. The Kier molecular flexibility index (Phi) is 5.59. The van der Waals surface area contributed by atoms with Crippen molar-refractivity contribution in [3.8, 4) is 0 Å². The lowest BCUT2D eigenvalue weighted by atomic mass is 10.0. The molecule has 0 spiro atoms. The van der Waals surface area contributed by atoms with E-state index in [0.29, 0.717) is 25.4 Å². The van der Waals surface area contributed by atoms with Crippen LogP contribution in [0.3, 0.4) is 0 Å². The fraction of sp³-hybridized carbons (Fsp3) is 0.400. The molecule has 4 nitrogen and oxygen atoms in total. The van der Waals surface area contributed by atoms with Crippen LogP contribution >= 0.6 is 0 Å². The zero-order valence-corrected chi connectivity index (χ0v) is 14.1. The Morgan fingerprint density at radius 1 is 1.21 bits per heavy atom. The minimum Gasteiger partial charge on any atom is -0.375 e. The average molecular weight is 324 g/mol. The number of aromatic nitrogens is 1. The smallest absolute Gasteiger partial charge is 0.272 e. The van der Waals surface area contributed by atoms with Crippen LogP contribution in [0.1, 0.15) is 34.6 Å². The number of nitrogens with zero attached hydrogens (tertiary/aromatic N) is 2. The van der Waals surface area contributed by atoms with Crippen LogP contribution in [-0.2, 0) is 11.2 Å². The minimum absolute atomic E-state index is 0.00931. The summed E-state index contributed by atoms with van der Waals surface area (Å²) in [5.41, 5.74) is 2.75. The second-order valence-electron chi connectivity index (χ2n) is 6.29. The van der Waals surface area contributed by atoms with E-state index in [0.717, 1.165) is 25.0 Å². The molecule has 2 heterocycles. The summed E-state index contributed by atoms with van der Waals surface area (Å²) in [7, 11) is 0. The lowest BCUT2D eigenvalue weighted by molar-refractivity contribution is -0.0256. The Hall–Kier alpha value is -2.20. The fourth-order valence-electron chi connectivity index (χ4n) is 3.08. The molecule has 0 radical (unpaired) electrons. The van der Waals surface area contributed by atoms with Crippen molar-refractivity contribution in [3.63, 3.8) is 0 Å². The third kappa shape index (κ3) is 4.42. The van der Waals surface area contributed by atoms with Gasteiger partial charge in [-0.3, -0.25) is 4.79 Å². The van der Waals surface area contributed by atoms with E-state index in [-0.39, 0.29) is 12.0 Å². The Morgan fingerprint density at radius 2 is 2.04 bits per heavy atom. The molecule has 2 aromatic rings. The van der Waals surface area contributed by atoms with Crippen molar-refractivity contribution < 1.29 is 9.53 Å². The fourth-order valence-corrected chi connectivity index (χ4v) is 3.08. The number of rotatable bonds is 5. The highest BCUT2D eigenvalue weighted by Gasteiger charge is 2.25. The maximum absolute atomic E-state index is 12.6. The van der Waals surface area contributed by atoms with Crippen molar-refractivity contribution >= 4 is 5.91 Å². The molecule has 24 heavy (non-hydrogen) atoms. The number of benzene rings is 1. The van der Waals surface area contributed by atoms with Crippen molar-refractivity contribution in [2.75, 3.05) is 19.7 Å². The zero-order valence-electron chi connectivity index (χ0n) is 14.1. The Bertz CT molecular complexity index is 672. The molecule has 0 aliphatic carbocycles. The number of carbonyl (C=O) groups is 1. The quantitative estimate of drug-likeness (QED) is 0.848. The first-order chi connectivity index (χ1) is 11.7. The molecule has 3 rings (SSSR count). The molecule has 1 fully saturated rings. The maximum atomic E-state index is 12.6. The molecule has 0 N–H and O–H groups in total. The molecule has 1 aliphatic heterocycles. The maximum Gasteiger partial charge on any atom is 0.272 e. The first kappa shape index (κ1) is 16.7. The van der Waals surface area contributed by atoms with Gasteiger partial charge in [0.2, 0.25) is 0 Å². The lowest BCUT2D eigenvalue weighted by Gasteiger charge is -2.33. The van der Waals surface area contributed by atoms with Crippen LogP contribution in [0.2, 0.25) is 0 Å². The van der Waals surface area contributed by atoms with E-state index in [4.69, 9.17) is 4.74 Å². The van der Waals surface area contributed by atoms with Crippen molar-refractivity contribution in [3.05, 3.63) is 65.5 Å². The number of morpholine rings is 1. The van der Waals surface area contributed by atoms with Crippen molar-refractivity contribution in [2.45, 2.75) is 32.3 Å². The summed E-state index contributed by atoms with van der Waals surface area (Å²) < 4.78 is 5.84. The second-order valence-corrected chi connectivity index (χ2v) is 6.29. The van der Waals surface area contributed by atoms with Gasteiger partial charge in [-0.2, -0.15) is 0 Å². The molecule has 126 valence electrons. The van der Waals surface area contributed by atoms with Gasteiger partial charge in [0.15, 0.2) is 0 Å². The number of hydrogen-bond acceptors (Lipinski definition) is 3. The molecular formula is C20H24N2O2. The molecule has 4 heteroatoms. The predicted molar refractivity (Wildman–Crippen MR) is 94.0 cm³/mol. The van der Waals surface area contributed by atoms with Crippen LogP contribution in [0.4, 0.5) is 0 Å². The summed E-state index contributed by atoms with van der Waals surface area (Å²) in [4.78, 5) is 18.8. The number of aryl methyl sites for hydroxylation is 2. The van der Waals surface area contributed by atoms with Gasteiger partial charge in [0.05, 0.1) is 12.7 Å². The highest BCUT2D eigenvalue weighted by molar-refractivity contribution is 5.92. The first-order valence-electron chi connectivity index (χ1n) is 8.61. The van der Waals surface area contributed by atoms with Crippen molar-refractivity contribution in [1.82, 2.24) is 9.88 Å². The van der Waals surface area contributed by atoms with Gasteiger partial charge in [-0.25, -0.2) is 4.98 Å². The largest absolute Gasteiger partial charge is 0.375 e. The van der Waals surface area contributed by atoms with Crippen LogP contribution < -0.4 is 0 Å². The number of ether oxygens (including phenoxy) is 1. The van der Waals surface area contributed by atoms with Gasteiger partial charge >= 0.3 is 0 Å². The van der Waals surface area contributed by atoms with Crippen LogP contribution in [0, 0.1) is 6.92 Å². The first-order valence-corrected chi connectivity index (χ1v) is 8.61. The predicted octanol–water partition coefficient (Wildman–Crippen LogP) is 3.25. The normalized spacial score (nSPS) is 17.7. The van der Waals surface area contributed by atoms with Crippen LogP contribution in [-0.4, -0.2) is 41.6 Å². The summed E-state index contributed by atoms with van der Waals surface area (Å²) in [6.07, 6.45) is 3.21. The summed E-state index contributed by atoms with van der Waals surface area (Å²) in [5.74, 6) is 0.00931. The Balaban J connectivity index is 1.51. The van der Waals surface area contributed by atoms with E-state index in [9.17, 15) is 4.79 Å². The van der Waals surface area contributed by atoms with Crippen LogP contribution in [0.5, 0.6) is 0 Å². The molecule has 1 aromatic carbocycles. The topological polar surface area (TPSA) is 42.4 Å². The van der Waals surface area contributed by atoms with Gasteiger partial charge in [0.25, 0.3) is 5.91 Å². The molecule has 1 saturated heterocycles. The molecule has 1 aromatic heterocycles. The van der Waals surface area contributed by atoms with Crippen molar-refractivity contribution in [1.29, 1.82) is 0 Å². The molecule has 1 unspecified atom stereocenters. The Labute approximate surface area is 143 Å². The second kappa shape index (κ2) is 8.06. The van der Waals surface area contributed by atoms with E-state index in [1.54, 1.807) is 6.07 Å². The van der Waals surface area contributed by atoms with Gasteiger partial charge < -0.3 is 9.64 Å². The van der Waals surface area contributed by atoms with E-state index >= 15 is 0 Å². The van der Waals surface area contributed by atoms with E-state index in [1.807, 2.05) is 30.0 Å². The molecular weight excluding hydrogens is 300 g/mol. The lowest BCUT2D eigenvalue weighted by Crippen LogP contribution is -2.45. The third-order valence-electron chi connectivity index (χ3n) is 4.37. The van der Waals surface area contributed by atoms with Crippen molar-refractivity contribution in [2.24, 2.45) is 0 Å². The average Bonchev–Trinajstić information content (AvgIpc) is 2.62. The number of hydrogen-bond donors (Lipinski definition) is 0. The highest BCUT2D eigenvalue weighted by atomic mass is 16.5. The number of pyridine rings is 1. The molecule has 1 amide bonds. The van der Waals surface area contributed by atoms with Gasteiger partial charge in [-0.05, 0) is 43.9 Å². The molecule has 1 atom stereocenters. The monoisotopic (exact) mass is 324 g/mol. The van der Waals surface area contributed by atoms with E-state index in [2.05, 4.69) is 29.2 Å². The summed E-state index contributed by atoms with van der Waals surface area (Å²) in [6, 6.07) is 16.1. The summed E-state index contributed by atoms with van der Waals surface area (Å²) in [6.45, 7) is 3.81. The van der Waals surface area contributed by atoms with Gasteiger partial charge in [-0.1, -0.05) is 36.4 Å². The van der Waals surface area contributed by atoms with Gasteiger partial charge in [0, 0.05) is 18.8 Å². The van der Waals surface area contributed by atoms with E-state index < -0.39 is 0 Å². The molecule has 1 aliphatic rings. The summed E-state index contributed by atoms with van der Waals surface area (Å²) >= 11 is 0. The number of carbonyl (C=O) groups excluding carboxylic acids is 1. The van der Waals surface area contributed by atoms with E-state index in [1.165, 1.54) is 5.56 Å². The number of amides is 1. The van der Waals surface area contributed by atoms with Crippen LogP contribution in [0.15, 0.2) is 48.5 Å². The zero-order chi connectivity index (χ0) is 16.8. The molecule has 0 bridgehead atoms. The van der Waals surface area contributed by atoms with Gasteiger partial charge in [0.1, 0.15) is 5.69 Å². The van der Waals surface area contributed by atoms with Crippen LogP contribution in [0.25, 0.3) is 0 Å².